The maximum absolute atomic E-state index is 12.2. The van der Waals surface area contributed by atoms with Gasteiger partial charge in [-0.2, -0.15) is 0 Å². The highest BCUT2D eigenvalue weighted by Crippen LogP contribution is 2.23. The van der Waals surface area contributed by atoms with E-state index in [-0.39, 0.29) is 42.7 Å². The van der Waals surface area contributed by atoms with Gasteiger partial charge in [0.15, 0.2) is 6.61 Å². The van der Waals surface area contributed by atoms with E-state index in [0.717, 1.165) is 9.78 Å². The van der Waals surface area contributed by atoms with Crippen LogP contribution in [0.4, 0.5) is 5.69 Å². The lowest BCUT2D eigenvalue weighted by atomic mass is 10.2. The van der Waals surface area contributed by atoms with Crippen molar-refractivity contribution in [2.75, 3.05) is 18.6 Å². The largest absolute Gasteiger partial charge is 0.452 e. The van der Waals surface area contributed by atoms with Crippen LogP contribution in [0.1, 0.15) is 28.1 Å². The number of amides is 3. The van der Waals surface area contributed by atoms with Gasteiger partial charge in [0.1, 0.15) is 0 Å². The number of ether oxygens (including phenoxy) is 1. The number of carbonyl (C=O) groups is 4. The van der Waals surface area contributed by atoms with Crippen LogP contribution < -0.4 is 4.90 Å². The highest BCUT2D eigenvalue weighted by molar-refractivity contribution is 7.09. The predicted octanol–water partition coefficient (Wildman–Crippen LogP) is 2.22. The van der Waals surface area contributed by atoms with E-state index >= 15 is 0 Å². The molecule has 0 spiro atoms. The van der Waals surface area contributed by atoms with Crippen molar-refractivity contribution in [3.63, 3.8) is 0 Å². The molecule has 3 rings (SSSR count). The molecule has 27 heavy (non-hydrogen) atoms. The van der Waals surface area contributed by atoms with Gasteiger partial charge >= 0.3 is 5.97 Å². The Hall–Kier alpha value is -3.00. The maximum atomic E-state index is 12.2. The minimum atomic E-state index is -0.686. The number of anilines is 1. The summed E-state index contributed by atoms with van der Waals surface area (Å²) in [6.45, 7) is 0.0647. The molecule has 1 aromatic heterocycles. The van der Waals surface area contributed by atoms with E-state index in [1.807, 2.05) is 17.5 Å². The third-order valence-corrected chi connectivity index (χ3v) is 4.98. The van der Waals surface area contributed by atoms with Crippen LogP contribution in [0.2, 0.25) is 0 Å². The first kappa shape index (κ1) is 18.8. The van der Waals surface area contributed by atoms with Crippen LogP contribution in [-0.2, 0) is 25.7 Å². The first-order chi connectivity index (χ1) is 13.0. The number of imide groups is 1. The fraction of sp³-hybridized carbons (Fsp3) is 0.263. The van der Waals surface area contributed by atoms with E-state index in [9.17, 15) is 19.2 Å². The minimum Gasteiger partial charge on any atom is -0.452 e. The van der Waals surface area contributed by atoms with Crippen LogP contribution in [-0.4, -0.2) is 42.2 Å². The molecule has 0 atom stereocenters. The molecule has 1 saturated heterocycles. The van der Waals surface area contributed by atoms with Crippen molar-refractivity contribution < 1.29 is 23.9 Å². The number of hydrogen-bond donors (Lipinski definition) is 0. The molecule has 0 unspecified atom stereocenters. The zero-order chi connectivity index (χ0) is 19.4. The van der Waals surface area contributed by atoms with Crippen molar-refractivity contribution >= 4 is 40.7 Å². The third kappa shape index (κ3) is 4.40. The summed E-state index contributed by atoms with van der Waals surface area (Å²) in [6.07, 6.45) is 0.331. The molecule has 1 fully saturated rings. The SMILES string of the molecule is CN(Cc1cccs1)C(=O)COC(=O)c1cccc(N2C(=O)CCC2=O)c1. The van der Waals surface area contributed by atoms with Crippen molar-refractivity contribution in [1.82, 2.24) is 4.90 Å². The van der Waals surface area contributed by atoms with E-state index < -0.39 is 5.97 Å². The molecule has 1 aliphatic rings. The molecule has 2 heterocycles. The monoisotopic (exact) mass is 386 g/mol. The van der Waals surface area contributed by atoms with Crippen LogP contribution in [0.3, 0.4) is 0 Å². The summed E-state index contributed by atoms with van der Waals surface area (Å²) >= 11 is 1.54. The Bertz CT molecular complexity index is 862. The molecule has 3 amide bonds. The Kier molecular flexibility index (Phi) is 5.66. The number of esters is 1. The average molecular weight is 386 g/mol. The van der Waals surface area contributed by atoms with Gasteiger partial charge in [-0.05, 0) is 29.6 Å². The fourth-order valence-corrected chi connectivity index (χ4v) is 3.44. The third-order valence-electron chi connectivity index (χ3n) is 4.12. The first-order valence-corrected chi connectivity index (χ1v) is 9.23. The molecule has 0 bridgehead atoms. The summed E-state index contributed by atoms with van der Waals surface area (Å²) in [4.78, 5) is 51.6. The van der Waals surface area contributed by atoms with E-state index in [1.54, 1.807) is 30.5 Å². The lowest BCUT2D eigenvalue weighted by molar-refractivity contribution is -0.133. The highest BCUT2D eigenvalue weighted by Gasteiger charge is 2.30. The molecule has 1 aliphatic heterocycles. The molecular weight excluding hydrogens is 368 g/mol. The predicted molar refractivity (Wildman–Crippen MR) is 99.2 cm³/mol. The molecule has 2 aromatic rings. The quantitative estimate of drug-likeness (QED) is 0.561. The molecule has 0 N–H and O–H groups in total. The van der Waals surface area contributed by atoms with Crippen LogP contribution in [0.25, 0.3) is 0 Å². The molecule has 140 valence electrons. The Labute approximate surface area is 160 Å². The molecule has 0 radical (unpaired) electrons. The standard InChI is InChI=1S/C19H18N2O5S/c1-20(11-15-6-3-9-27-15)18(24)12-26-19(25)13-4-2-5-14(10-13)21-16(22)7-8-17(21)23/h2-6,9-10H,7-8,11-12H2,1H3. The molecule has 7 nitrogen and oxygen atoms in total. The lowest BCUT2D eigenvalue weighted by Gasteiger charge is -2.17. The van der Waals surface area contributed by atoms with Crippen LogP contribution in [0.15, 0.2) is 41.8 Å². The van der Waals surface area contributed by atoms with E-state index in [0.29, 0.717) is 12.2 Å². The zero-order valence-corrected chi connectivity index (χ0v) is 15.5. The lowest BCUT2D eigenvalue weighted by Crippen LogP contribution is -2.30. The average Bonchev–Trinajstić information content (AvgIpc) is 3.29. The number of likely N-dealkylation sites (N-methyl/N-ethyl adjacent to an activating group) is 1. The Morgan fingerprint density at radius 3 is 2.56 bits per heavy atom. The second-order valence-corrected chi connectivity index (χ2v) is 7.11. The summed E-state index contributed by atoms with van der Waals surface area (Å²) in [6, 6.07) is 9.90. The summed E-state index contributed by atoms with van der Waals surface area (Å²) in [5, 5.41) is 1.93. The number of rotatable bonds is 6. The van der Waals surface area contributed by atoms with Crippen molar-refractivity contribution in [3.05, 3.63) is 52.2 Å². The molecular formula is C19H18N2O5S. The van der Waals surface area contributed by atoms with Gasteiger partial charge < -0.3 is 9.64 Å². The van der Waals surface area contributed by atoms with Gasteiger partial charge in [-0.3, -0.25) is 19.3 Å². The Morgan fingerprint density at radius 1 is 1.15 bits per heavy atom. The molecule has 0 saturated carbocycles. The normalized spacial score (nSPS) is 13.7. The topological polar surface area (TPSA) is 84.0 Å². The molecule has 1 aromatic carbocycles. The Balaban J connectivity index is 1.59. The second-order valence-electron chi connectivity index (χ2n) is 6.08. The van der Waals surface area contributed by atoms with Gasteiger partial charge in [0, 0.05) is 24.8 Å². The summed E-state index contributed by atoms with van der Waals surface area (Å²) in [7, 11) is 1.64. The highest BCUT2D eigenvalue weighted by atomic mass is 32.1. The van der Waals surface area contributed by atoms with Gasteiger partial charge in [0.05, 0.1) is 17.8 Å². The fourth-order valence-electron chi connectivity index (χ4n) is 2.68. The Morgan fingerprint density at radius 2 is 1.89 bits per heavy atom. The summed E-state index contributed by atoms with van der Waals surface area (Å²) in [5.41, 5.74) is 0.506. The number of nitrogens with zero attached hydrogens (tertiary/aromatic N) is 2. The van der Waals surface area contributed by atoms with Crippen molar-refractivity contribution in [2.45, 2.75) is 19.4 Å². The number of benzene rings is 1. The van der Waals surface area contributed by atoms with Crippen molar-refractivity contribution in [3.8, 4) is 0 Å². The van der Waals surface area contributed by atoms with Crippen LogP contribution in [0.5, 0.6) is 0 Å². The van der Waals surface area contributed by atoms with E-state index in [2.05, 4.69) is 0 Å². The number of thiophene rings is 1. The molecule has 8 heteroatoms. The van der Waals surface area contributed by atoms with Gasteiger partial charge in [0.2, 0.25) is 11.8 Å². The smallest absolute Gasteiger partial charge is 0.338 e. The van der Waals surface area contributed by atoms with Gasteiger partial charge in [-0.15, -0.1) is 11.3 Å². The minimum absolute atomic E-state index is 0.165. The molecule has 0 aliphatic carbocycles. The summed E-state index contributed by atoms with van der Waals surface area (Å²) < 4.78 is 5.09. The van der Waals surface area contributed by atoms with Gasteiger partial charge in [-0.1, -0.05) is 12.1 Å². The van der Waals surface area contributed by atoms with E-state index in [1.165, 1.54) is 17.0 Å². The van der Waals surface area contributed by atoms with E-state index in [4.69, 9.17) is 4.74 Å². The van der Waals surface area contributed by atoms with Gasteiger partial charge in [-0.25, -0.2) is 4.79 Å². The van der Waals surface area contributed by atoms with Crippen LogP contribution in [0, 0.1) is 0 Å². The first-order valence-electron chi connectivity index (χ1n) is 8.35. The summed E-state index contributed by atoms with van der Waals surface area (Å²) in [5.74, 6) is -1.60. The number of hydrogen-bond acceptors (Lipinski definition) is 6. The number of carbonyl (C=O) groups excluding carboxylic acids is 4. The zero-order valence-electron chi connectivity index (χ0n) is 14.7. The maximum Gasteiger partial charge on any atom is 0.338 e. The second kappa shape index (κ2) is 8.13. The van der Waals surface area contributed by atoms with Crippen LogP contribution >= 0.6 is 11.3 Å². The van der Waals surface area contributed by atoms with Crippen molar-refractivity contribution in [2.24, 2.45) is 0 Å². The van der Waals surface area contributed by atoms with Gasteiger partial charge in [0.25, 0.3) is 5.91 Å². The van der Waals surface area contributed by atoms with Crippen molar-refractivity contribution in [1.29, 1.82) is 0 Å².